The van der Waals surface area contributed by atoms with Crippen molar-refractivity contribution in [3.63, 3.8) is 0 Å². The number of halogens is 2. The lowest BCUT2D eigenvalue weighted by Gasteiger charge is -2.04. The third kappa shape index (κ3) is 3.38. The van der Waals surface area contributed by atoms with Crippen LogP contribution in [0.2, 0.25) is 0 Å². The van der Waals surface area contributed by atoms with Crippen LogP contribution in [0.15, 0.2) is 49.3 Å². The molecule has 0 aliphatic heterocycles. The van der Waals surface area contributed by atoms with Crippen LogP contribution in [0, 0.1) is 11.6 Å². The van der Waals surface area contributed by atoms with E-state index in [-0.39, 0.29) is 22.8 Å². The van der Waals surface area contributed by atoms with Crippen molar-refractivity contribution in [2.75, 3.05) is 5.32 Å². The second-order valence-corrected chi connectivity index (χ2v) is 5.35. The summed E-state index contributed by atoms with van der Waals surface area (Å²) in [5, 5.41) is 12.9. The first-order chi connectivity index (χ1) is 13.1. The van der Waals surface area contributed by atoms with Crippen LogP contribution in [0.4, 0.5) is 14.6 Å². The number of benzene rings is 1. The summed E-state index contributed by atoms with van der Waals surface area (Å²) in [5.74, 6) is -1.38. The Morgan fingerprint density at radius 2 is 2.00 bits per heavy atom. The second-order valence-electron chi connectivity index (χ2n) is 5.35. The Balaban J connectivity index is 1.54. The van der Waals surface area contributed by atoms with Gasteiger partial charge in [-0.2, -0.15) is 10.2 Å². The lowest BCUT2D eigenvalue weighted by Crippen LogP contribution is -2.14. The maximum Gasteiger partial charge on any atom is 0.274 e. The molecule has 3 heterocycles. The van der Waals surface area contributed by atoms with Crippen molar-refractivity contribution in [3.05, 3.63) is 66.6 Å². The highest BCUT2D eigenvalue weighted by Crippen LogP contribution is 2.22. The molecule has 134 valence electrons. The van der Waals surface area contributed by atoms with Gasteiger partial charge in [-0.05, 0) is 18.2 Å². The summed E-state index contributed by atoms with van der Waals surface area (Å²) in [6.45, 7) is 0. The monoisotopic (exact) mass is 368 g/mol. The zero-order chi connectivity index (χ0) is 18.8. The van der Waals surface area contributed by atoms with Crippen LogP contribution in [-0.4, -0.2) is 40.8 Å². The summed E-state index contributed by atoms with van der Waals surface area (Å²) in [6.07, 6.45) is 4.06. The fourth-order valence-corrected chi connectivity index (χ4v) is 2.32. The van der Waals surface area contributed by atoms with Gasteiger partial charge in [-0.25, -0.2) is 28.4 Å². The molecule has 27 heavy (non-hydrogen) atoms. The molecule has 0 atom stereocenters. The Hall–Kier alpha value is -4.02. The van der Waals surface area contributed by atoms with Gasteiger partial charge in [0.05, 0.1) is 5.69 Å². The molecule has 1 aromatic carbocycles. The number of amides is 1. The molecule has 0 unspecified atom stereocenters. The Morgan fingerprint density at radius 3 is 2.78 bits per heavy atom. The number of anilines is 1. The fourth-order valence-electron chi connectivity index (χ4n) is 2.32. The molecule has 2 N–H and O–H groups in total. The highest BCUT2D eigenvalue weighted by atomic mass is 19.1. The molecule has 0 aliphatic rings. The minimum Gasteiger partial charge on any atom is -0.305 e. The van der Waals surface area contributed by atoms with Crippen LogP contribution in [0.5, 0.6) is 0 Å². The van der Waals surface area contributed by atoms with Crippen LogP contribution in [0.1, 0.15) is 10.5 Å². The van der Waals surface area contributed by atoms with Crippen molar-refractivity contribution in [2.45, 2.75) is 0 Å². The van der Waals surface area contributed by atoms with E-state index in [0.29, 0.717) is 5.82 Å². The standard InChI is InChI=1S/C16H10F2N8O/c17-9-1-2-10(11(18)3-9)12-4-13(25-24-12)16(27)23-14-5-15(21-7-20-14)26-8-19-6-22-26/h1-8H,(H,24,25)(H,20,21,23,27). The highest BCUT2D eigenvalue weighted by Gasteiger charge is 2.15. The van der Waals surface area contributed by atoms with Gasteiger partial charge in [0.25, 0.3) is 5.91 Å². The third-order valence-electron chi connectivity index (χ3n) is 3.58. The molecular weight excluding hydrogens is 358 g/mol. The van der Waals surface area contributed by atoms with E-state index >= 15 is 0 Å². The van der Waals surface area contributed by atoms with E-state index in [1.165, 1.54) is 41.9 Å². The smallest absolute Gasteiger partial charge is 0.274 e. The van der Waals surface area contributed by atoms with E-state index in [9.17, 15) is 13.6 Å². The average Bonchev–Trinajstić information content (AvgIpc) is 3.34. The molecular formula is C16H10F2N8O. The second kappa shape index (κ2) is 6.71. The maximum atomic E-state index is 13.8. The molecule has 3 aromatic heterocycles. The number of carbonyl (C=O) groups is 1. The number of nitrogens with one attached hydrogen (secondary N) is 2. The molecule has 1 amide bonds. The summed E-state index contributed by atoms with van der Waals surface area (Å²) >= 11 is 0. The van der Waals surface area contributed by atoms with E-state index in [1.807, 2.05) is 0 Å². The number of aromatic amines is 1. The molecule has 11 heteroatoms. The highest BCUT2D eigenvalue weighted by molar-refractivity contribution is 6.03. The number of hydrogen-bond acceptors (Lipinski definition) is 6. The predicted molar refractivity (Wildman–Crippen MR) is 88.8 cm³/mol. The molecule has 0 radical (unpaired) electrons. The summed E-state index contributed by atoms with van der Waals surface area (Å²) in [6, 6.07) is 5.96. The molecule has 0 bridgehead atoms. The van der Waals surface area contributed by atoms with Gasteiger partial charge in [0.15, 0.2) is 5.82 Å². The molecule has 0 spiro atoms. The van der Waals surface area contributed by atoms with Gasteiger partial charge >= 0.3 is 0 Å². The van der Waals surface area contributed by atoms with Gasteiger partial charge in [0.2, 0.25) is 0 Å². The van der Waals surface area contributed by atoms with Crippen molar-refractivity contribution in [2.24, 2.45) is 0 Å². The van der Waals surface area contributed by atoms with Crippen molar-refractivity contribution in [3.8, 4) is 17.1 Å². The van der Waals surface area contributed by atoms with Gasteiger partial charge in [-0.15, -0.1) is 0 Å². The first-order valence-corrected chi connectivity index (χ1v) is 7.59. The molecule has 0 saturated carbocycles. The number of rotatable bonds is 4. The average molecular weight is 368 g/mol. The Kier molecular flexibility index (Phi) is 4.09. The Morgan fingerprint density at radius 1 is 1.11 bits per heavy atom. The molecule has 4 aromatic rings. The van der Waals surface area contributed by atoms with Gasteiger partial charge < -0.3 is 5.32 Å². The Labute approximate surface area is 150 Å². The van der Waals surface area contributed by atoms with Gasteiger partial charge in [-0.1, -0.05) is 0 Å². The molecule has 9 nitrogen and oxygen atoms in total. The minimum absolute atomic E-state index is 0.0715. The maximum absolute atomic E-state index is 13.8. The Bertz CT molecular complexity index is 1110. The van der Waals surface area contributed by atoms with Crippen molar-refractivity contribution < 1.29 is 13.6 Å². The van der Waals surface area contributed by atoms with Crippen LogP contribution < -0.4 is 5.32 Å². The van der Waals surface area contributed by atoms with E-state index < -0.39 is 17.5 Å². The number of aromatic nitrogens is 7. The topological polar surface area (TPSA) is 114 Å². The largest absolute Gasteiger partial charge is 0.305 e. The van der Waals surface area contributed by atoms with E-state index in [1.54, 1.807) is 0 Å². The number of H-pyrrole nitrogens is 1. The number of carbonyl (C=O) groups excluding carboxylic acids is 1. The third-order valence-corrected chi connectivity index (χ3v) is 3.58. The zero-order valence-electron chi connectivity index (χ0n) is 13.5. The zero-order valence-corrected chi connectivity index (χ0v) is 13.5. The van der Waals surface area contributed by atoms with Crippen LogP contribution in [0.3, 0.4) is 0 Å². The van der Waals surface area contributed by atoms with Crippen molar-refractivity contribution in [1.29, 1.82) is 0 Å². The normalized spacial score (nSPS) is 10.7. The van der Waals surface area contributed by atoms with Crippen molar-refractivity contribution in [1.82, 2.24) is 34.9 Å². The first kappa shape index (κ1) is 16.4. The molecule has 0 aliphatic carbocycles. The van der Waals surface area contributed by atoms with Crippen LogP contribution in [0.25, 0.3) is 17.1 Å². The van der Waals surface area contributed by atoms with Crippen LogP contribution >= 0.6 is 0 Å². The quantitative estimate of drug-likeness (QED) is 0.569. The van der Waals surface area contributed by atoms with Crippen LogP contribution in [-0.2, 0) is 0 Å². The minimum atomic E-state index is -0.776. The van der Waals surface area contributed by atoms with E-state index in [2.05, 4.69) is 35.6 Å². The number of hydrogen-bond donors (Lipinski definition) is 2. The SMILES string of the molecule is O=C(Nc1cc(-n2cncn2)ncn1)c1cc(-c2ccc(F)cc2F)n[nH]1. The predicted octanol–water partition coefficient (Wildman–Crippen LogP) is 1.98. The molecule has 0 saturated heterocycles. The first-order valence-electron chi connectivity index (χ1n) is 7.59. The summed E-state index contributed by atoms with van der Waals surface area (Å²) in [5.41, 5.74) is 0.320. The fraction of sp³-hybridized carbons (Fsp3) is 0. The summed E-state index contributed by atoms with van der Waals surface area (Å²) in [4.78, 5) is 24.2. The van der Waals surface area contributed by atoms with E-state index in [0.717, 1.165) is 12.1 Å². The van der Waals surface area contributed by atoms with Crippen molar-refractivity contribution >= 4 is 11.7 Å². The number of nitrogens with zero attached hydrogens (tertiary/aromatic N) is 6. The molecule has 0 fully saturated rings. The molecule has 4 rings (SSSR count). The van der Waals surface area contributed by atoms with Gasteiger partial charge in [-0.3, -0.25) is 9.89 Å². The summed E-state index contributed by atoms with van der Waals surface area (Å²) < 4.78 is 28.3. The lowest BCUT2D eigenvalue weighted by molar-refractivity contribution is 0.102. The van der Waals surface area contributed by atoms with Gasteiger partial charge in [0, 0.05) is 17.7 Å². The van der Waals surface area contributed by atoms with Gasteiger partial charge in [0.1, 0.15) is 42.1 Å². The lowest BCUT2D eigenvalue weighted by atomic mass is 10.1. The summed E-state index contributed by atoms with van der Waals surface area (Å²) in [7, 11) is 0. The van der Waals surface area contributed by atoms with E-state index in [4.69, 9.17) is 0 Å².